The number of para-hydroxylation sites is 5. The Hall–Kier alpha value is -4.84. The molecule has 0 saturated heterocycles. The molecule has 0 saturated carbocycles. The molecule has 0 N–H and O–H groups in total. The van der Waals surface area contributed by atoms with Crippen LogP contribution in [0.5, 0.6) is 0 Å². The molecule has 0 bridgehead atoms. The summed E-state index contributed by atoms with van der Waals surface area (Å²) >= 11 is 0. The maximum Gasteiger partial charge on any atom is 0.161 e. The molecule has 4 aliphatic rings. The van der Waals surface area contributed by atoms with E-state index < -0.39 is 0 Å². The lowest BCUT2D eigenvalue weighted by molar-refractivity contribution is 0.0773. The lowest BCUT2D eigenvalue weighted by atomic mass is 9.50. The number of likely N-dealkylation sites (N-methyl/N-ethyl adjacent to an activating group) is 1. The van der Waals surface area contributed by atoms with Gasteiger partial charge in [0.2, 0.25) is 0 Å². The third-order valence-corrected chi connectivity index (χ3v) is 10.9. The lowest BCUT2D eigenvalue weighted by Crippen LogP contribution is -2.70. The van der Waals surface area contributed by atoms with Crippen LogP contribution in [0.15, 0.2) is 116 Å². The Morgan fingerprint density at radius 3 is 1.81 bits per heavy atom. The van der Waals surface area contributed by atoms with E-state index in [1.807, 2.05) is 6.20 Å². The summed E-state index contributed by atoms with van der Waals surface area (Å²) < 4.78 is 0. The van der Waals surface area contributed by atoms with Gasteiger partial charge in [0.05, 0.1) is 23.0 Å². The molecule has 5 aromatic rings. The fraction of sp³-hybridized carbons (Fsp3) is 0.243. The first-order chi connectivity index (χ1) is 21.2. The summed E-state index contributed by atoms with van der Waals surface area (Å²) in [5.74, 6) is 0.988. The van der Waals surface area contributed by atoms with Crippen molar-refractivity contribution in [3.8, 4) is 0 Å². The third kappa shape index (κ3) is 2.71. The second kappa shape index (κ2) is 8.60. The molecule has 0 radical (unpaired) electrons. The minimum atomic E-state index is -0.380. The average Bonchev–Trinajstić information content (AvgIpc) is 3.68. The Morgan fingerprint density at radius 1 is 0.605 bits per heavy atom. The number of nitrogens with zero attached hydrogens (tertiary/aromatic N) is 6. The summed E-state index contributed by atoms with van der Waals surface area (Å²) in [6.45, 7) is 4.83. The van der Waals surface area contributed by atoms with E-state index in [2.05, 4.69) is 149 Å². The Bertz CT molecular complexity index is 1880. The summed E-state index contributed by atoms with van der Waals surface area (Å²) in [7, 11) is 2.24. The molecular formula is C37H34N6. The fourth-order valence-electron chi connectivity index (χ4n) is 9.40. The number of hydrogen-bond acceptors (Lipinski definition) is 6. The molecule has 43 heavy (non-hydrogen) atoms. The molecule has 1 spiro atoms. The highest BCUT2D eigenvalue weighted by atomic mass is 15.5. The van der Waals surface area contributed by atoms with Crippen LogP contribution < -0.4 is 19.6 Å². The van der Waals surface area contributed by atoms with Crippen molar-refractivity contribution in [2.24, 2.45) is 5.41 Å². The van der Waals surface area contributed by atoms with E-state index in [4.69, 9.17) is 4.98 Å². The van der Waals surface area contributed by atoms with Crippen LogP contribution in [-0.2, 0) is 5.41 Å². The van der Waals surface area contributed by atoms with Crippen LogP contribution in [0.4, 0.5) is 39.9 Å². The van der Waals surface area contributed by atoms with Gasteiger partial charge >= 0.3 is 0 Å². The number of hydrogen-bond donors (Lipinski definition) is 0. The molecule has 3 unspecified atom stereocenters. The summed E-state index contributed by atoms with van der Waals surface area (Å²) in [5.41, 5.74) is 9.53. The average molecular weight is 563 g/mol. The van der Waals surface area contributed by atoms with Gasteiger partial charge in [0, 0.05) is 29.5 Å². The van der Waals surface area contributed by atoms with Crippen molar-refractivity contribution in [1.82, 2.24) is 9.97 Å². The molecule has 0 fully saturated rings. The number of fused-ring (bicyclic) bond motifs is 13. The van der Waals surface area contributed by atoms with E-state index in [1.165, 1.54) is 39.6 Å². The van der Waals surface area contributed by atoms with Crippen LogP contribution in [0.1, 0.15) is 37.8 Å². The van der Waals surface area contributed by atoms with Gasteiger partial charge in [-0.2, -0.15) is 0 Å². The molecule has 0 amide bonds. The summed E-state index contributed by atoms with van der Waals surface area (Å²) in [4.78, 5) is 19.6. The predicted octanol–water partition coefficient (Wildman–Crippen LogP) is 8.13. The molecule has 4 aromatic carbocycles. The molecule has 6 nitrogen and oxygen atoms in total. The van der Waals surface area contributed by atoms with Crippen LogP contribution in [0, 0.1) is 5.41 Å². The lowest BCUT2D eigenvalue weighted by Gasteiger charge is -2.62. The van der Waals surface area contributed by atoms with Crippen LogP contribution in [0.3, 0.4) is 0 Å². The molecule has 212 valence electrons. The summed E-state index contributed by atoms with van der Waals surface area (Å²) in [6, 6.07) is 38.2. The number of anilines is 7. The van der Waals surface area contributed by atoms with Gasteiger partial charge in [-0.25, -0.2) is 9.97 Å². The van der Waals surface area contributed by atoms with Crippen LogP contribution in [-0.4, -0.2) is 29.3 Å². The minimum absolute atomic E-state index is 0.00105. The van der Waals surface area contributed by atoms with Crippen molar-refractivity contribution in [1.29, 1.82) is 0 Å². The van der Waals surface area contributed by atoms with Gasteiger partial charge in [0.25, 0.3) is 0 Å². The van der Waals surface area contributed by atoms with Crippen molar-refractivity contribution in [3.05, 3.63) is 127 Å². The van der Waals surface area contributed by atoms with E-state index in [0.29, 0.717) is 0 Å². The van der Waals surface area contributed by atoms with E-state index in [0.717, 1.165) is 24.3 Å². The topological polar surface area (TPSA) is 38.7 Å². The predicted molar refractivity (Wildman–Crippen MR) is 174 cm³/mol. The summed E-state index contributed by atoms with van der Waals surface area (Å²) in [6.07, 6.45) is 5.71. The molecule has 1 aromatic heterocycles. The molecule has 6 heteroatoms. The van der Waals surface area contributed by atoms with Gasteiger partial charge in [0.1, 0.15) is 24.3 Å². The third-order valence-electron chi connectivity index (χ3n) is 10.9. The normalized spacial score (nSPS) is 23.5. The van der Waals surface area contributed by atoms with Gasteiger partial charge in [-0.1, -0.05) is 80.6 Å². The smallest absolute Gasteiger partial charge is 0.161 e. The Morgan fingerprint density at radius 2 is 1.16 bits per heavy atom. The summed E-state index contributed by atoms with van der Waals surface area (Å²) in [5, 5.41) is 0. The van der Waals surface area contributed by atoms with E-state index in [-0.39, 0.29) is 23.2 Å². The van der Waals surface area contributed by atoms with Gasteiger partial charge in [0.15, 0.2) is 5.82 Å². The molecule has 0 aliphatic carbocycles. The van der Waals surface area contributed by atoms with Crippen molar-refractivity contribution in [2.45, 2.75) is 44.4 Å². The van der Waals surface area contributed by atoms with Gasteiger partial charge < -0.3 is 19.6 Å². The molecule has 3 atom stereocenters. The zero-order valence-electron chi connectivity index (χ0n) is 24.7. The van der Waals surface area contributed by atoms with E-state index in [1.54, 1.807) is 6.33 Å². The first-order valence-electron chi connectivity index (χ1n) is 15.4. The number of rotatable bonds is 3. The number of aromatic nitrogens is 2. The second-order valence-corrected chi connectivity index (χ2v) is 12.2. The molecule has 4 aliphatic heterocycles. The molecular weight excluding hydrogens is 528 g/mol. The van der Waals surface area contributed by atoms with Crippen LogP contribution in [0.2, 0.25) is 0 Å². The highest BCUT2D eigenvalue weighted by Gasteiger charge is 2.73. The van der Waals surface area contributed by atoms with Gasteiger partial charge in [-0.15, -0.1) is 0 Å². The Balaban J connectivity index is 1.44. The largest absolute Gasteiger partial charge is 0.349 e. The maximum atomic E-state index is 4.90. The zero-order valence-corrected chi connectivity index (χ0v) is 24.7. The van der Waals surface area contributed by atoms with Crippen molar-refractivity contribution in [2.75, 3.05) is 26.6 Å². The Labute approximate surface area is 252 Å². The Kier molecular flexibility index (Phi) is 4.95. The van der Waals surface area contributed by atoms with Crippen molar-refractivity contribution < 1.29 is 0 Å². The molecule has 9 rings (SSSR count). The monoisotopic (exact) mass is 562 g/mol. The highest BCUT2D eigenvalue weighted by Crippen LogP contribution is 2.73. The SMILES string of the molecule is CCC1(CC)C2N(c3ccccc3)c3ccccc3N2c2ccccc2C12c1ccccc1N1c3ncncc3N(C)C12. The van der Waals surface area contributed by atoms with E-state index >= 15 is 0 Å². The van der Waals surface area contributed by atoms with Gasteiger partial charge in [-0.05, 0) is 60.4 Å². The quantitative estimate of drug-likeness (QED) is 0.221. The van der Waals surface area contributed by atoms with Crippen molar-refractivity contribution in [3.63, 3.8) is 0 Å². The van der Waals surface area contributed by atoms with Crippen LogP contribution >= 0.6 is 0 Å². The first kappa shape index (κ1) is 24.7. The minimum Gasteiger partial charge on any atom is -0.349 e. The first-order valence-corrected chi connectivity index (χ1v) is 15.4. The van der Waals surface area contributed by atoms with E-state index in [9.17, 15) is 0 Å². The fourth-order valence-corrected chi connectivity index (χ4v) is 9.40. The van der Waals surface area contributed by atoms with Crippen LogP contribution in [0.25, 0.3) is 0 Å². The number of benzene rings is 4. The second-order valence-electron chi connectivity index (χ2n) is 12.2. The molecule has 5 heterocycles. The zero-order chi connectivity index (χ0) is 28.9. The standard InChI is InChI=1S/C37H34N6/c1-4-36(5-2)34-41(25-15-7-6-8-16-25)30-21-13-14-22-31(30)42(34)28-19-11-9-17-26(28)37(36)27-18-10-12-20-29(27)43-33-32(23-38-24-39-33)40(3)35(37)43/h6-24,34-35H,4-5H2,1-3H3. The highest BCUT2D eigenvalue weighted by molar-refractivity contribution is 5.95. The van der Waals surface area contributed by atoms with Crippen molar-refractivity contribution >= 4 is 39.9 Å². The maximum absolute atomic E-state index is 4.90. The van der Waals surface area contributed by atoms with Gasteiger partial charge in [-0.3, -0.25) is 0 Å².